The fraction of sp³-hybridized carbons (Fsp3) is 0.419. The maximum absolute atomic E-state index is 13.6. The number of amides is 1. The minimum absolute atomic E-state index is 0.0763. The lowest BCUT2D eigenvalue weighted by atomic mass is 9.98. The van der Waals surface area contributed by atoms with Crippen LogP contribution >= 0.6 is 0 Å². The zero-order valence-corrected chi connectivity index (χ0v) is 34.6. The molecule has 1 aromatic heterocycles. The maximum atomic E-state index is 13.6. The van der Waals surface area contributed by atoms with Crippen molar-refractivity contribution in [3.8, 4) is 11.3 Å². The highest BCUT2D eigenvalue weighted by atomic mass is 32.2. The van der Waals surface area contributed by atoms with Crippen LogP contribution in [0.2, 0.25) is 0 Å². The van der Waals surface area contributed by atoms with Gasteiger partial charge in [-0.15, -0.1) is 0 Å². The molecule has 1 aliphatic carbocycles. The van der Waals surface area contributed by atoms with Gasteiger partial charge < -0.3 is 48.4 Å². The van der Waals surface area contributed by atoms with Crippen LogP contribution in [0.5, 0.6) is 0 Å². The maximum Gasteiger partial charge on any atom is 0.376 e. The minimum Gasteiger partial charge on any atom is -0.507 e. The Hall–Kier alpha value is -5.05. The number of aliphatic hydroxyl groups is 1. The second-order valence-corrected chi connectivity index (χ2v) is 15.7. The number of ether oxygens (including phenoxy) is 6. The number of halogens is 1. The van der Waals surface area contributed by atoms with Gasteiger partial charge in [0.25, 0.3) is 11.7 Å². The Kier molecular flexibility index (Phi) is 18.4. The highest BCUT2D eigenvalue weighted by molar-refractivity contribution is 7.88. The summed E-state index contributed by atoms with van der Waals surface area (Å²) in [6, 6.07) is 15.7. The van der Waals surface area contributed by atoms with Crippen LogP contribution in [0.25, 0.3) is 28.1 Å². The van der Waals surface area contributed by atoms with Crippen molar-refractivity contribution in [3.63, 3.8) is 0 Å². The average molecular weight is 871 g/mol. The summed E-state index contributed by atoms with van der Waals surface area (Å²) in [5, 5.41) is 21.9. The zero-order chi connectivity index (χ0) is 43.6. The topological polar surface area (TPSA) is 218 Å². The van der Waals surface area contributed by atoms with Crippen LogP contribution in [0.3, 0.4) is 0 Å². The number of hydrogen-bond acceptors (Lipinski definition) is 13. The van der Waals surface area contributed by atoms with Crippen molar-refractivity contribution >= 4 is 44.4 Å². The van der Waals surface area contributed by atoms with E-state index in [1.54, 1.807) is 30.3 Å². The molecule has 0 spiro atoms. The molecule has 0 saturated heterocycles. The van der Waals surface area contributed by atoms with Crippen molar-refractivity contribution in [2.24, 2.45) is 0 Å². The highest BCUT2D eigenvalue weighted by Gasteiger charge is 2.31. The van der Waals surface area contributed by atoms with Gasteiger partial charge in [-0.25, -0.2) is 22.3 Å². The van der Waals surface area contributed by atoms with Gasteiger partial charge >= 0.3 is 5.97 Å². The highest BCUT2D eigenvalue weighted by Crippen LogP contribution is 2.45. The monoisotopic (exact) mass is 870 g/mol. The number of carbonyl (C=O) groups is 3. The fourth-order valence-electron chi connectivity index (χ4n) is 6.16. The average Bonchev–Trinajstić information content (AvgIpc) is 4.02. The Morgan fingerprint density at radius 2 is 1.39 bits per heavy atom. The molecular formula is C43H51FN2O14S. The molecule has 61 heavy (non-hydrogen) atoms. The number of furan rings is 1. The number of ketones is 1. The molecule has 0 bridgehead atoms. The Balaban J connectivity index is 0.879. The zero-order valence-electron chi connectivity index (χ0n) is 33.8. The SMILES string of the molecule is CNC(=O)c1c(-c2ccc(F)cc2)oc2cc(CS(=O)(=O)NCCOCCOCCOCCOCCOCCOCc3cccc(/C(O)=C/C(=O)C(=O)O)c3)c(C3CC3)cc12. The van der Waals surface area contributed by atoms with E-state index in [1.165, 1.54) is 31.3 Å². The first-order valence-electron chi connectivity index (χ1n) is 19.7. The van der Waals surface area contributed by atoms with Gasteiger partial charge in [0.1, 0.15) is 22.9 Å². The van der Waals surface area contributed by atoms with Crippen molar-refractivity contribution in [1.82, 2.24) is 10.0 Å². The van der Waals surface area contributed by atoms with Crippen LogP contribution in [0.15, 0.2) is 71.2 Å². The molecule has 1 aliphatic rings. The second-order valence-electron chi connectivity index (χ2n) is 13.9. The largest absolute Gasteiger partial charge is 0.507 e. The van der Waals surface area contributed by atoms with E-state index < -0.39 is 33.4 Å². The van der Waals surface area contributed by atoms with Crippen molar-refractivity contribution in [3.05, 3.63) is 100 Å². The molecule has 5 rings (SSSR count). The Labute approximate surface area is 353 Å². The molecule has 1 fully saturated rings. The normalized spacial score (nSPS) is 13.2. The lowest BCUT2D eigenvalue weighted by Crippen LogP contribution is -2.29. The van der Waals surface area contributed by atoms with Gasteiger partial charge in [0.2, 0.25) is 10.0 Å². The van der Waals surface area contributed by atoms with Crippen LogP contribution < -0.4 is 10.0 Å². The van der Waals surface area contributed by atoms with Gasteiger partial charge in [-0.3, -0.25) is 9.59 Å². The number of carboxylic acids is 1. The van der Waals surface area contributed by atoms with Crippen LogP contribution in [0, 0.1) is 5.82 Å². The summed E-state index contributed by atoms with van der Waals surface area (Å²) < 4.78 is 81.6. The summed E-state index contributed by atoms with van der Waals surface area (Å²) in [6.07, 6.45) is 2.48. The van der Waals surface area contributed by atoms with Gasteiger partial charge in [-0.2, -0.15) is 0 Å². The van der Waals surface area contributed by atoms with E-state index in [2.05, 4.69) is 10.0 Å². The van der Waals surface area contributed by atoms with E-state index in [0.717, 1.165) is 24.0 Å². The summed E-state index contributed by atoms with van der Waals surface area (Å²) >= 11 is 0. The van der Waals surface area contributed by atoms with E-state index in [4.69, 9.17) is 37.9 Å². The number of hydrogen-bond donors (Lipinski definition) is 4. The van der Waals surface area contributed by atoms with E-state index in [1.807, 2.05) is 6.07 Å². The summed E-state index contributed by atoms with van der Waals surface area (Å²) in [6.45, 7) is 3.92. The quantitative estimate of drug-likeness (QED) is 0.0251. The van der Waals surface area contributed by atoms with Gasteiger partial charge in [0.05, 0.1) is 90.6 Å². The van der Waals surface area contributed by atoms with Gasteiger partial charge in [0, 0.05) is 36.2 Å². The first-order valence-corrected chi connectivity index (χ1v) is 21.4. The van der Waals surface area contributed by atoms with Crippen molar-refractivity contribution in [1.29, 1.82) is 0 Å². The number of sulfonamides is 1. The predicted octanol–water partition coefficient (Wildman–Crippen LogP) is 4.75. The molecule has 3 aromatic carbocycles. The number of aliphatic carboxylic acids is 1. The van der Waals surface area contributed by atoms with E-state index in [9.17, 15) is 32.3 Å². The third kappa shape index (κ3) is 15.1. The molecular weight excluding hydrogens is 820 g/mol. The molecule has 4 aromatic rings. The molecule has 0 atom stereocenters. The predicted molar refractivity (Wildman–Crippen MR) is 221 cm³/mol. The van der Waals surface area contributed by atoms with Crippen LogP contribution in [-0.4, -0.2) is 123 Å². The third-order valence-corrected chi connectivity index (χ3v) is 10.6. The molecule has 1 heterocycles. The molecule has 330 valence electrons. The molecule has 16 nitrogen and oxygen atoms in total. The number of rotatable bonds is 29. The van der Waals surface area contributed by atoms with E-state index >= 15 is 0 Å². The first kappa shape index (κ1) is 47.0. The molecule has 4 N–H and O–H groups in total. The first-order chi connectivity index (χ1) is 29.5. The number of aliphatic hydroxyl groups excluding tert-OH is 1. The fourth-order valence-corrected chi connectivity index (χ4v) is 7.32. The van der Waals surface area contributed by atoms with E-state index in [-0.39, 0.29) is 49.7 Å². The smallest absolute Gasteiger partial charge is 0.376 e. The minimum atomic E-state index is -3.74. The number of carbonyl (C=O) groups excluding carboxylic acids is 2. The van der Waals surface area contributed by atoms with Gasteiger partial charge in [0.15, 0.2) is 0 Å². The van der Waals surface area contributed by atoms with Gasteiger partial charge in [-0.1, -0.05) is 18.2 Å². The lowest BCUT2D eigenvalue weighted by molar-refractivity contribution is -0.146. The van der Waals surface area contributed by atoms with Crippen LogP contribution in [0.4, 0.5) is 4.39 Å². The lowest BCUT2D eigenvalue weighted by Gasteiger charge is -2.12. The molecule has 0 unspecified atom stereocenters. The second kappa shape index (κ2) is 23.8. The van der Waals surface area contributed by atoms with Crippen molar-refractivity contribution in [2.45, 2.75) is 31.1 Å². The molecule has 0 aliphatic heterocycles. The molecule has 0 radical (unpaired) electrons. The number of fused-ring (bicyclic) bond motifs is 1. The van der Waals surface area contributed by atoms with E-state index in [0.29, 0.717) is 98.8 Å². The molecule has 1 saturated carbocycles. The summed E-state index contributed by atoms with van der Waals surface area (Å²) in [5.74, 6) is -3.90. The van der Waals surface area contributed by atoms with Crippen molar-refractivity contribution in [2.75, 3.05) is 86.3 Å². The van der Waals surface area contributed by atoms with Crippen molar-refractivity contribution < 1.29 is 70.2 Å². The standard InChI is InChI=1S/C43H51FN2O14S/c1-45-42(49)40-36-25-35(30-5-6-30)33(24-39(36)60-41(40)31-7-9-34(44)10-8-31)28-61(52,53)46-11-12-54-13-14-55-15-16-56-17-18-57-19-20-58-21-22-59-27-29-3-2-4-32(23-29)37(47)26-38(48)43(50)51/h2-4,7-10,23-26,30,46-47H,5-6,11-22,27-28H2,1H3,(H,45,49)(H,50,51)/b37-26-. The number of benzene rings is 3. The molecule has 1 amide bonds. The summed E-state index contributed by atoms with van der Waals surface area (Å²) in [7, 11) is -2.22. The Bertz CT molecular complexity index is 2220. The van der Waals surface area contributed by atoms with Crippen LogP contribution in [0.1, 0.15) is 51.4 Å². The third-order valence-electron chi connectivity index (χ3n) is 9.27. The summed E-state index contributed by atoms with van der Waals surface area (Å²) in [4.78, 5) is 34.9. The summed E-state index contributed by atoms with van der Waals surface area (Å²) in [5.41, 5.74) is 3.69. The van der Waals surface area contributed by atoms with Crippen LogP contribution in [-0.2, 0) is 60.4 Å². The Morgan fingerprint density at radius 3 is 1.97 bits per heavy atom. The van der Waals surface area contributed by atoms with Gasteiger partial charge in [-0.05, 0) is 77.9 Å². The number of carboxylic acid groups (broad SMARTS) is 1. The Morgan fingerprint density at radius 1 is 0.803 bits per heavy atom. The number of nitrogens with one attached hydrogen (secondary N) is 2. The molecule has 18 heteroatoms.